The third kappa shape index (κ3) is 5.06. The number of hydrogen-bond donors (Lipinski definition) is 1. The lowest BCUT2D eigenvalue weighted by molar-refractivity contribution is 0.0954. The fourth-order valence-electron chi connectivity index (χ4n) is 1.84. The molecule has 0 fully saturated rings. The van der Waals surface area contributed by atoms with Crippen molar-refractivity contribution >= 4 is 34.5 Å². The Morgan fingerprint density at radius 3 is 2.23 bits per heavy atom. The summed E-state index contributed by atoms with van der Waals surface area (Å²) in [6, 6.07) is 13.6. The number of carbonyl (C=O) groups is 2. The normalized spacial score (nSPS) is 10.1. The summed E-state index contributed by atoms with van der Waals surface area (Å²) >= 11 is 10.9. The summed E-state index contributed by atoms with van der Waals surface area (Å²) in [4.78, 5) is 22.5. The first-order valence-corrected chi connectivity index (χ1v) is 7.30. The van der Waals surface area contributed by atoms with Crippen molar-refractivity contribution in [2.24, 2.45) is 0 Å². The van der Waals surface area contributed by atoms with Crippen molar-refractivity contribution in [1.29, 1.82) is 0 Å². The maximum Gasteiger partial charge on any atom is 0.409 e. The highest BCUT2D eigenvalue weighted by Gasteiger charge is 2.06. The second kappa shape index (κ2) is 7.82. The predicted octanol–water partition coefficient (Wildman–Crippen LogP) is 4.05. The Kier molecular flexibility index (Phi) is 5.81. The van der Waals surface area contributed by atoms with Crippen LogP contribution in [0.5, 0.6) is 5.75 Å². The molecular weight excluding hydrogens is 325 g/mol. The van der Waals surface area contributed by atoms with Gasteiger partial charge in [0.05, 0.1) is 0 Å². The maximum absolute atomic E-state index is 12.0. The van der Waals surface area contributed by atoms with Crippen LogP contribution in [0.15, 0.2) is 48.5 Å². The molecule has 6 heteroatoms. The lowest BCUT2D eigenvalue weighted by Gasteiger charge is -2.06. The molecule has 1 N–H and O–H groups in total. The highest BCUT2D eigenvalue weighted by Crippen LogP contribution is 2.13. The zero-order chi connectivity index (χ0) is 15.9. The van der Waals surface area contributed by atoms with Gasteiger partial charge in [-0.3, -0.25) is 4.79 Å². The molecule has 1 amide bonds. The molecule has 0 bridgehead atoms. The summed E-state index contributed by atoms with van der Waals surface area (Å²) in [5.74, 6) is 0.0930. The number of ether oxygens (including phenoxy) is 1. The molecule has 0 aromatic heterocycles. The fraction of sp³-hybridized carbons (Fsp3) is 0.125. The molecule has 114 valence electrons. The van der Waals surface area contributed by atoms with Crippen LogP contribution in [0.2, 0.25) is 5.02 Å². The van der Waals surface area contributed by atoms with E-state index < -0.39 is 5.43 Å². The SMILES string of the molecule is O=C(Cl)Oc1ccc(C(=O)NCCc2ccc(Cl)cc2)cc1. The van der Waals surface area contributed by atoms with E-state index >= 15 is 0 Å². The number of benzene rings is 2. The van der Waals surface area contributed by atoms with E-state index in [1.54, 1.807) is 12.1 Å². The van der Waals surface area contributed by atoms with E-state index in [9.17, 15) is 9.59 Å². The lowest BCUT2D eigenvalue weighted by Crippen LogP contribution is -2.25. The van der Waals surface area contributed by atoms with Gasteiger partial charge in [0.25, 0.3) is 5.91 Å². The molecule has 2 rings (SSSR count). The van der Waals surface area contributed by atoms with Gasteiger partial charge in [-0.2, -0.15) is 0 Å². The first-order valence-electron chi connectivity index (χ1n) is 6.54. The minimum absolute atomic E-state index is 0.197. The summed E-state index contributed by atoms with van der Waals surface area (Å²) < 4.78 is 4.68. The van der Waals surface area contributed by atoms with Crippen molar-refractivity contribution < 1.29 is 14.3 Å². The molecule has 0 aliphatic heterocycles. The van der Waals surface area contributed by atoms with E-state index in [2.05, 4.69) is 10.1 Å². The molecule has 0 heterocycles. The van der Waals surface area contributed by atoms with Crippen LogP contribution < -0.4 is 10.1 Å². The molecule has 2 aromatic carbocycles. The highest BCUT2D eigenvalue weighted by molar-refractivity contribution is 6.61. The van der Waals surface area contributed by atoms with Crippen molar-refractivity contribution in [3.8, 4) is 5.75 Å². The highest BCUT2D eigenvalue weighted by atomic mass is 35.5. The van der Waals surface area contributed by atoms with Crippen molar-refractivity contribution in [2.75, 3.05) is 6.54 Å². The van der Waals surface area contributed by atoms with Gasteiger partial charge in [-0.15, -0.1) is 0 Å². The predicted molar refractivity (Wildman–Crippen MR) is 85.8 cm³/mol. The summed E-state index contributed by atoms with van der Waals surface area (Å²) in [6.07, 6.45) is 0.713. The molecule has 0 radical (unpaired) electrons. The molecule has 0 unspecified atom stereocenters. The number of hydrogen-bond acceptors (Lipinski definition) is 3. The largest absolute Gasteiger partial charge is 0.415 e. The van der Waals surface area contributed by atoms with Crippen LogP contribution in [0, 0.1) is 0 Å². The monoisotopic (exact) mass is 337 g/mol. The smallest absolute Gasteiger partial charge is 0.409 e. The lowest BCUT2D eigenvalue weighted by atomic mass is 10.1. The first kappa shape index (κ1) is 16.3. The first-order chi connectivity index (χ1) is 10.5. The van der Waals surface area contributed by atoms with Gasteiger partial charge in [0.1, 0.15) is 5.75 Å². The van der Waals surface area contributed by atoms with Crippen LogP contribution in [0.4, 0.5) is 4.79 Å². The Balaban J connectivity index is 1.84. The van der Waals surface area contributed by atoms with Crippen LogP contribution in [0.25, 0.3) is 0 Å². The maximum atomic E-state index is 12.0. The Morgan fingerprint density at radius 2 is 1.64 bits per heavy atom. The van der Waals surface area contributed by atoms with E-state index in [4.69, 9.17) is 23.2 Å². The quantitative estimate of drug-likeness (QED) is 0.837. The molecule has 0 spiro atoms. The molecular formula is C16H13Cl2NO3. The summed E-state index contributed by atoms with van der Waals surface area (Å²) in [5, 5.41) is 3.50. The van der Waals surface area contributed by atoms with E-state index in [1.807, 2.05) is 24.3 Å². The van der Waals surface area contributed by atoms with Crippen molar-refractivity contribution in [3.63, 3.8) is 0 Å². The number of carbonyl (C=O) groups excluding carboxylic acids is 2. The molecule has 0 atom stereocenters. The Morgan fingerprint density at radius 1 is 1.00 bits per heavy atom. The van der Waals surface area contributed by atoms with Gasteiger partial charge < -0.3 is 10.1 Å². The van der Waals surface area contributed by atoms with Gasteiger partial charge in [-0.1, -0.05) is 23.7 Å². The Hall–Kier alpha value is -2.04. The van der Waals surface area contributed by atoms with Gasteiger partial charge in [0, 0.05) is 28.7 Å². The van der Waals surface area contributed by atoms with Crippen LogP contribution in [0.1, 0.15) is 15.9 Å². The second-order valence-electron chi connectivity index (χ2n) is 4.50. The molecule has 0 saturated heterocycles. The van der Waals surface area contributed by atoms with Crippen molar-refractivity contribution in [3.05, 3.63) is 64.7 Å². The summed E-state index contributed by atoms with van der Waals surface area (Å²) in [5.41, 5.74) is 0.653. The summed E-state index contributed by atoms with van der Waals surface area (Å²) in [7, 11) is 0. The van der Waals surface area contributed by atoms with Gasteiger partial charge in [-0.25, -0.2) is 4.79 Å². The Labute approximate surface area is 138 Å². The van der Waals surface area contributed by atoms with Crippen molar-refractivity contribution in [1.82, 2.24) is 5.32 Å². The van der Waals surface area contributed by atoms with Crippen LogP contribution in [0.3, 0.4) is 0 Å². The average Bonchev–Trinajstić information content (AvgIpc) is 2.49. The average molecular weight is 338 g/mol. The third-order valence-corrected chi connectivity index (χ3v) is 3.26. The second-order valence-corrected chi connectivity index (χ2v) is 5.24. The Bertz CT molecular complexity index is 654. The topological polar surface area (TPSA) is 55.4 Å². The van der Waals surface area contributed by atoms with Gasteiger partial charge in [0.2, 0.25) is 0 Å². The number of rotatable bonds is 5. The standard InChI is InChI=1S/C16H13Cl2NO3/c17-13-5-1-11(2-6-13)9-10-19-15(20)12-3-7-14(8-4-12)22-16(18)21/h1-8H,9-10H2,(H,19,20). The molecule has 2 aromatic rings. The van der Waals surface area contributed by atoms with E-state index in [0.29, 0.717) is 23.6 Å². The molecule has 0 aliphatic rings. The fourth-order valence-corrected chi connectivity index (χ4v) is 2.06. The van der Waals surface area contributed by atoms with Gasteiger partial charge in [-0.05, 0) is 48.4 Å². The van der Waals surface area contributed by atoms with Gasteiger partial charge >= 0.3 is 5.43 Å². The minimum Gasteiger partial charge on any atom is -0.415 e. The zero-order valence-corrected chi connectivity index (χ0v) is 13.0. The van der Waals surface area contributed by atoms with Crippen LogP contribution >= 0.6 is 23.2 Å². The molecule has 22 heavy (non-hydrogen) atoms. The van der Waals surface area contributed by atoms with E-state index in [0.717, 1.165) is 5.56 Å². The van der Waals surface area contributed by atoms with Crippen LogP contribution in [-0.2, 0) is 6.42 Å². The molecule has 4 nitrogen and oxygen atoms in total. The van der Waals surface area contributed by atoms with E-state index in [1.165, 1.54) is 12.1 Å². The number of nitrogens with one attached hydrogen (secondary N) is 1. The molecule has 0 aliphatic carbocycles. The van der Waals surface area contributed by atoms with E-state index in [-0.39, 0.29) is 11.7 Å². The minimum atomic E-state index is -0.917. The number of halogens is 2. The zero-order valence-electron chi connectivity index (χ0n) is 11.5. The number of amides is 1. The van der Waals surface area contributed by atoms with Crippen LogP contribution in [-0.4, -0.2) is 17.9 Å². The van der Waals surface area contributed by atoms with Gasteiger partial charge in [0.15, 0.2) is 0 Å². The molecule has 0 saturated carbocycles. The third-order valence-electron chi connectivity index (χ3n) is 2.93. The van der Waals surface area contributed by atoms with Crippen molar-refractivity contribution in [2.45, 2.75) is 6.42 Å². The summed E-state index contributed by atoms with van der Waals surface area (Å²) in [6.45, 7) is 0.513.